The number of aryl methyl sites for hydroxylation is 2. The Balaban J connectivity index is 1.57. The fourth-order valence-corrected chi connectivity index (χ4v) is 6.26. The maximum Gasteiger partial charge on any atom is 0.264 e. The Morgan fingerprint density at radius 2 is 1.44 bits per heavy atom. The van der Waals surface area contributed by atoms with Gasteiger partial charge in [-0.2, -0.15) is 0 Å². The number of benzene rings is 3. The van der Waals surface area contributed by atoms with Gasteiger partial charge in [0.15, 0.2) is 0 Å². The first-order valence-corrected chi connectivity index (χ1v) is 14.0. The van der Waals surface area contributed by atoms with Crippen LogP contribution in [0.25, 0.3) is 0 Å². The first-order chi connectivity index (χ1) is 17.0. The monoisotopic (exact) mass is 565 g/mol. The maximum absolute atomic E-state index is 13.6. The van der Waals surface area contributed by atoms with Gasteiger partial charge in [-0.3, -0.25) is 9.10 Å². The molecule has 0 saturated carbocycles. The highest BCUT2D eigenvalue weighted by Gasteiger charge is 2.31. The van der Waals surface area contributed by atoms with E-state index in [2.05, 4.69) is 4.90 Å². The third-order valence-corrected chi connectivity index (χ3v) is 8.63. The second-order valence-electron chi connectivity index (χ2n) is 8.75. The van der Waals surface area contributed by atoms with Crippen LogP contribution < -0.4 is 9.21 Å². The van der Waals surface area contributed by atoms with E-state index in [1.54, 1.807) is 17.0 Å². The van der Waals surface area contributed by atoms with Gasteiger partial charge in [-0.1, -0.05) is 58.6 Å². The summed E-state index contributed by atoms with van der Waals surface area (Å²) < 4.78 is 28.4. The van der Waals surface area contributed by atoms with Crippen LogP contribution in [0.5, 0.6) is 0 Å². The second-order valence-corrected chi connectivity index (χ2v) is 11.9. The quantitative estimate of drug-likeness (QED) is 0.378. The van der Waals surface area contributed by atoms with E-state index >= 15 is 0 Å². The number of rotatable bonds is 6. The van der Waals surface area contributed by atoms with Gasteiger partial charge in [-0.05, 0) is 61.9 Å². The van der Waals surface area contributed by atoms with Crippen LogP contribution in [0.15, 0.2) is 65.6 Å². The molecule has 1 fully saturated rings. The third kappa shape index (κ3) is 5.92. The Kier molecular flexibility index (Phi) is 8.05. The number of hydrogen-bond donors (Lipinski definition) is 0. The molecule has 0 aliphatic carbocycles. The van der Waals surface area contributed by atoms with Gasteiger partial charge in [-0.15, -0.1) is 0 Å². The summed E-state index contributed by atoms with van der Waals surface area (Å²) in [7, 11) is -4.06. The second kappa shape index (κ2) is 10.9. The van der Waals surface area contributed by atoms with Gasteiger partial charge in [0, 0.05) is 46.9 Å². The Hall–Kier alpha value is -2.45. The van der Waals surface area contributed by atoms with Gasteiger partial charge in [0.25, 0.3) is 10.0 Å². The molecule has 0 atom stereocenters. The Morgan fingerprint density at radius 1 is 0.833 bits per heavy atom. The molecule has 6 nitrogen and oxygen atoms in total. The fourth-order valence-electron chi connectivity index (χ4n) is 4.18. The van der Waals surface area contributed by atoms with Crippen LogP contribution in [0, 0.1) is 13.8 Å². The van der Waals surface area contributed by atoms with Crippen molar-refractivity contribution in [2.45, 2.75) is 18.7 Å². The predicted molar refractivity (Wildman–Crippen MR) is 147 cm³/mol. The molecule has 3 aromatic carbocycles. The van der Waals surface area contributed by atoms with Crippen LogP contribution in [-0.2, 0) is 14.8 Å². The minimum absolute atomic E-state index is 0.0817. The van der Waals surface area contributed by atoms with Crippen molar-refractivity contribution in [1.82, 2.24) is 4.90 Å². The molecule has 0 unspecified atom stereocenters. The maximum atomic E-state index is 13.6. The summed E-state index contributed by atoms with van der Waals surface area (Å²) in [6.45, 7) is 5.66. The molecular weight excluding hydrogens is 541 g/mol. The highest BCUT2D eigenvalue weighted by molar-refractivity contribution is 7.92. The summed E-state index contributed by atoms with van der Waals surface area (Å²) in [5.41, 5.74) is 3.30. The summed E-state index contributed by atoms with van der Waals surface area (Å²) in [5.74, 6) is -0.302. The first-order valence-electron chi connectivity index (χ1n) is 11.4. The average Bonchev–Trinajstić information content (AvgIpc) is 2.83. The van der Waals surface area contributed by atoms with E-state index in [9.17, 15) is 13.2 Å². The molecule has 0 aromatic heterocycles. The smallest absolute Gasteiger partial charge is 0.264 e. The van der Waals surface area contributed by atoms with E-state index in [-0.39, 0.29) is 33.1 Å². The van der Waals surface area contributed by atoms with Crippen LogP contribution in [0.3, 0.4) is 0 Å². The molecule has 190 valence electrons. The van der Waals surface area contributed by atoms with Gasteiger partial charge in [0.1, 0.15) is 6.54 Å². The summed E-state index contributed by atoms with van der Waals surface area (Å²) in [6, 6.07) is 16.7. The number of carbonyl (C=O) groups is 1. The van der Waals surface area contributed by atoms with E-state index in [1.165, 1.54) is 30.3 Å². The number of amides is 1. The summed E-state index contributed by atoms with van der Waals surface area (Å²) in [5, 5.41) is 1.21. The number of hydrogen-bond acceptors (Lipinski definition) is 4. The minimum atomic E-state index is -4.06. The summed E-state index contributed by atoms with van der Waals surface area (Å²) in [4.78, 5) is 17.3. The molecule has 1 heterocycles. The van der Waals surface area contributed by atoms with Crippen LogP contribution in [0.2, 0.25) is 15.1 Å². The molecular formula is C26H26Cl3N3O3S. The third-order valence-electron chi connectivity index (χ3n) is 6.17. The topological polar surface area (TPSA) is 60.9 Å². The van der Waals surface area contributed by atoms with Gasteiger partial charge < -0.3 is 9.80 Å². The summed E-state index contributed by atoms with van der Waals surface area (Å²) in [6.07, 6.45) is 0. The Labute approximate surface area is 227 Å². The number of sulfonamides is 1. The van der Waals surface area contributed by atoms with Crippen molar-refractivity contribution in [3.63, 3.8) is 0 Å². The molecule has 1 aliphatic rings. The lowest BCUT2D eigenvalue weighted by Gasteiger charge is -2.37. The molecule has 3 aromatic rings. The van der Waals surface area contributed by atoms with E-state index in [0.29, 0.717) is 31.2 Å². The highest BCUT2D eigenvalue weighted by atomic mass is 35.5. The van der Waals surface area contributed by atoms with Gasteiger partial charge in [-0.25, -0.2) is 8.42 Å². The number of halogens is 3. The first kappa shape index (κ1) is 26.6. The standard InChI is InChI=1S/C26H26Cl3N3O3S/c1-18-3-7-24(8-4-18)36(34,35)32(23-14-21(28)13-22(29)15-23)17-26(33)31-11-9-30(10-12-31)25-16-20(27)6-5-19(25)2/h3-8,13-16H,9-12,17H2,1-2H3. The van der Waals surface area contributed by atoms with Gasteiger partial charge >= 0.3 is 0 Å². The van der Waals surface area contributed by atoms with Crippen molar-refractivity contribution >= 4 is 62.1 Å². The highest BCUT2D eigenvalue weighted by Crippen LogP contribution is 2.30. The lowest BCUT2D eigenvalue weighted by Crippen LogP contribution is -2.52. The van der Waals surface area contributed by atoms with Crippen molar-refractivity contribution in [2.24, 2.45) is 0 Å². The molecule has 1 amide bonds. The molecule has 0 radical (unpaired) electrons. The van der Waals surface area contributed by atoms with Gasteiger partial charge in [0.05, 0.1) is 10.6 Å². The van der Waals surface area contributed by atoms with Crippen molar-refractivity contribution < 1.29 is 13.2 Å². The molecule has 1 aliphatic heterocycles. The number of piperazine rings is 1. The van der Waals surface area contributed by atoms with Crippen LogP contribution in [0.4, 0.5) is 11.4 Å². The molecule has 0 bridgehead atoms. The lowest BCUT2D eigenvalue weighted by atomic mass is 10.1. The summed E-state index contributed by atoms with van der Waals surface area (Å²) >= 11 is 18.5. The van der Waals surface area contributed by atoms with Crippen LogP contribution in [-0.4, -0.2) is 51.9 Å². The lowest BCUT2D eigenvalue weighted by molar-refractivity contribution is -0.129. The van der Waals surface area contributed by atoms with Crippen LogP contribution in [0.1, 0.15) is 11.1 Å². The fraction of sp³-hybridized carbons (Fsp3) is 0.269. The molecule has 0 N–H and O–H groups in total. The molecule has 10 heteroatoms. The number of nitrogens with zero attached hydrogens (tertiary/aromatic N) is 3. The predicted octanol–water partition coefficient (Wildman–Crippen LogP) is 5.81. The SMILES string of the molecule is Cc1ccc(S(=O)(=O)N(CC(=O)N2CCN(c3cc(Cl)ccc3C)CC2)c2cc(Cl)cc(Cl)c2)cc1. The zero-order chi connectivity index (χ0) is 26.0. The van der Waals surface area contributed by atoms with E-state index in [4.69, 9.17) is 34.8 Å². The number of anilines is 2. The van der Waals surface area contributed by atoms with Crippen molar-refractivity contribution in [1.29, 1.82) is 0 Å². The minimum Gasteiger partial charge on any atom is -0.368 e. The van der Waals surface area contributed by atoms with E-state index < -0.39 is 10.0 Å². The largest absolute Gasteiger partial charge is 0.368 e. The van der Waals surface area contributed by atoms with Gasteiger partial charge in [0.2, 0.25) is 5.91 Å². The average molecular weight is 567 g/mol. The number of carbonyl (C=O) groups excluding carboxylic acids is 1. The Morgan fingerprint density at radius 3 is 2.06 bits per heavy atom. The zero-order valence-corrected chi connectivity index (χ0v) is 23.0. The van der Waals surface area contributed by atoms with Crippen molar-refractivity contribution in [3.8, 4) is 0 Å². The zero-order valence-electron chi connectivity index (χ0n) is 19.9. The Bertz CT molecular complexity index is 1350. The van der Waals surface area contributed by atoms with Crippen molar-refractivity contribution in [3.05, 3.63) is 86.9 Å². The molecule has 36 heavy (non-hydrogen) atoms. The van der Waals surface area contributed by atoms with E-state index in [1.807, 2.05) is 32.0 Å². The molecule has 1 saturated heterocycles. The van der Waals surface area contributed by atoms with Crippen molar-refractivity contribution in [2.75, 3.05) is 41.9 Å². The molecule has 4 rings (SSSR count). The molecule has 0 spiro atoms. The van der Waals surface area contributed by atoms with E-state index in [0.717, 1.165) is 21.1 Å². The van der Waals surface area contributed by atoms with Crippen LogP contribution >= 0.6 is 34.8 Å². The normalized spacial score (nSPS) is 14.1.